The number of para-hydroxylation sites is 1. The number of amides is 1. The molecular formula is C18H19NO3. The molecule has 1 amide bonds. The third kappa shape index (κ3) is 2.41. The van der Waals surface area contributed by atoms with Crippen molar-refractivity contribution in [2.24, 2.45) is 5.92 Å². The number of benzene rings is 2. The fourth-order valence-corrected chi connectivity index (χ4v) is 2.46. The highest BCUT2D eigenvalue weighted by molar-refractivity contribution is 6.07. The van der Waals surface area contributed by atoms with Crippen LogP contribution >= 0.6 is 0 Å². The largest absolute Gasteiger partial charge is 0.495 e. The fourth-order valence-electron chi connectivity index (χ4n) is 2.46. The molecule has 0 fully saturated rings. The Labute approximate surface area is 129 Å². The van der Waals surface area contributed by atoms with Crippen LogP contribution in [0.2, 0.25) is 0 Å². The minimum absolute atomic E-state index is 0.0174. The molecule has 1 atom stereocenters. The zero-order chi connectivity index (χ0) is 15.7. The van der Waals surface area contributed by atoms with E-state index in [-0.39, 0.29) is 11.8 Å². The summed E-state index contributed by atoms with van der Waals surface area (Å²) in [6.45, 7) is 3.89. The standard InChI is InChI=1S/C18H19NO3/c1-4-11(2)18(20)19-14-10-16-13(9-17(14)21-3)12-7-5-6-8-15(12)22-16/h5-11H,4H2,1-3H3,(H,19,20). The molecule has 1 unspecified atom stereocenters. The number of rotatable bonds is 4. The Kier molecular flexibility index (Phi) is 3.75. The lowest BCUT2D eigenvalue weighted by molar-refractivity contribution is -0.119. The summed E-state index contributed by atoms with van der Waals surface area (Å²) in [5.74, 6) is 0.572. The van der Waals surface area contributed by atoms with Gasteiger partial charge in [0.1, 0.15) is 16.9 Å². The van der Waals surface area contributed by atoms with Crippen molar-refractivity contribution >= 4 is 33.5 Å². The van der Waals surface area contributed by atoms with E-state index in [9.17, 15) is 4.79 Å². The summed E-state index contributed by atoms with van der Waals surface area (Å²) in [6.07, 6.45) is 0.793. The van der Waals surface area contributed by atoms with Crippen molar-refractivity contribution in [3.8, 4) is 5.75 Å². The number of hydrogen-bond donors (Lipinski definition) is 1. The van der Waals surface area contributed by atoms with Crippen molar-refractivity contribution in [3.05, 3.63) is 36.4 Å². The molecule has 4 nitrogen and oxygen atoms in total. The second-order valence-electron chi connectivity index (χ2n) is 5.45. The van der Waals surface area contributed by atoms with Gasteiger partial charge >= 0.3 is 0 Å². The average Bonchev–Trinajstić information content (AvgIpc) is 2.90. The van der Waals surface area contributed by atoms with Gasteiger partial charge in [0.25, 0.3) is 0 Å². The third-order valence-electron chi connectivity index (χ3n) is 4.02. The number of fused-ring (bicyclic) bond motifs is 3. The van der Waals surface area contributed by atoms with Crippen LogP contribution in [0.25, 0.3) is 21.9 Å². The van der Waals surface area contributed by atoms with E-state index >= 15 is 0 Å². The maximum absolute atomic E-state index is 12.1. The van der Waals surface area contributed by atoms with Crippen LogP contribution in [0, 0.1) is 5.92 Å². The Hall–Kier alpha value is -2.49. The summed E-state index contributed by atoms with van der Waals surface area (Å²) in [6, 6.07) is 11.6. The van der Waals surface area contributed by atoms with E-state index in [1.165, 1.54) is 0 Å². The smallest absolute Gasteiger partial charge is 0.227 e. The van der Waals surface area contributed by atoms with Crippen molar-refractivity contribution in [1.82, 2.24) is 0 Å². The molecule has 1 heterocycles. The minimum Gasteiger partial charge on any atom is -0.495 e. The number of carbonyl (C=O) groups is 1. The van der Waals surface area contributed by atoms with E-state index in [0.717, 1.165) is 28.4 Å². The number of hydrogen-bond acceptors (Lipinski definition) is 3. The van der Waals surface area contributed by atoms with E-state index in [0.29, 0.717) is 11.4 Å². The summed E-state index contributed by atoms with van der Waals surface area (Å²) in [5.41, 5.74) is 2.20. The van der Waals surface area contributed by atoms with Gasteiger partial charge in [0.2, 0.25) is 5.91 Å². The fraction of sp³-hybridized carbons (Fsp3) is 0.278. The Balaban J connectivity index is 2.10. The van der Waals surface area contributed by atoms with Gasteiger partial charge in [-0.1, -0.05) is 32.0 Å². The van der Waals surface area contributed by atoms with E-state index in [1.54, 1.807) is 7.11 Å². The highest BCUT2D eigenvalue weighted by Gasteiger charge is 2.16. The molecule has 0 aliphatic heterocycles. The molecular weight excluding hydrogens is 278 g/mol. The molecule has 0 bridgehead atoms. The quantitative estimate of drug-likeness (QED) is 0.767. The van der Waals surface area contributed by atoms with Crippen LogP contribution in [0.15, 0.2) is 40.8 Å². The Morgan fingerprint density at radius 1 is 1.23 bits per heavy atom. The SMILES string of the molecule is CCC(C)C(=O)Nc1cc2oc3ccccc3c2cc1OC. The molecule has 0 aliphatic carbocycles. The molecule has 0 spiro atoms. The molecule has 1 N–H and O–H groups in total. The number of furan rings is 1. The topological polar surface area (TPSA) is 51.5 Å². The molecule has 0 saturated carbocycles. The predicted octanol–water partition coefficient (Wildman–Crippen LogP) is 4.58. The van der Waals surface area contributed by atoms with E-state index < -0.39 is 0 Å². The van der Waals surface area contributed by atoms with Gasteiger partial charge in [-0.25, -0.2) is 0 Å². The maximum Gasteiger partial charge on any atom is 0.227 e. The molecule has 2 aromatic carbocycles. The van der Waals surface area contributed by atoms with Crippen LogP contribution in [0.5, 0.6) is 5.75 Å². The van der Waals surface area contributed by atoms with Crippen molar-refractivity contribution in [2.75, 3.05) is 12.4 Å². The number of nitrogens with one attached hydrogen (secondary N) is 1. The van der Waals surface area contributed by atoms with Gasteiger partial charge < -0.3 is 14.5 Å². The van der Waals surface area contributed by atoms with Gasteiger partial charge in [0.15, 0.2) is 0 Å². The predicted molar refractivity (Wildman–Crippen MR) is 88.4 cm³/mol. The molecule has 114 valence electrons. The normalized spacial score (nSPS) is 12.5. The number of methoxy groups -OCH3 is 1. The van der Waals surface area contributed by atoms with Crippen molar-refractivity contribution in [3.63, 3.8) is 0 Å². The van der Waals surface area contributed by atoms with Crippen LogP contribution < -0.4 is 10.1 Å². The lowest BCUT2D eigenvalue weighted by atomic mass is 10.1. The summed E-state index contributed by atoms with van der Waals surface area (Å²) >= 11 is 0. The van der Waals surface area contributed by atoms with Gasteiger partial charge in [0, 0.05) is 22.8 Å². The highest BCUT2D eigenvalue weighted by atomic mass is 16.5. The number of anilines is 1. The van der Waals surface area contributed by atoms with E-state index in [2.05, 4.69) is 5.32 Å². The Bertz CT molecular complexity index is 835. The maximum atomic E-state index is 12.1. The van der Waals surface area contributed by atoms with Crippen molar-refractivity contribution in [2.45, 2.75) is 20.3 Å². The minimum atomic E-state index is -0.0453. The molecule has 4 heteroatoms. The van der Waals surface area contributed by atoms with Crippen LogP contribution in [0.4, 0.5) is 5.69 Å². The Morgan fingerprint density at radius 2 is 2.00 bits per heavy atom. The zero-order valence-electron chi connectivity index (χ0n) is 13.0. The molecule has 0 saturated heterocycles. The van der Waals surface area contributed by atoms with Crippen LogP contribution in [0.3, 0.4) is 0 Å². The molecule has 3 rings (SSSR count). The summed E-state index contributed by atoms with van der Waals surface area (Å²) in [5, 5.41) is 4.94. The van der Waals surface area contributed by atoms with Gasteiger partial charge in [0.05, 0.1) is 12.8 Å². The van der Waals surface area contributed by atoms with Crippen LogP contribution in [-0.2, 0) is 4.79 Å². The zero-order valence-corrected chi connectivity index (χ0v) is 13.0. The summed E-state index contributed by atoms with van der Waals surface area (Å²) < 4.78 is 11.3. The molecule has 3 aromatic rings. The lowest BCUT2D eigenvalue weighted by Gasteiger charge is -2.13. The van der Waals surface area contributed by atoms with E-state index in [1.807, 2.05) is 50.2 Å². The first-order valence-corrected chi connectivity index (χ1v) is 7.44. The van der Waals surface area contributed by atoms with E-state index in [4.69, 9.17) is 9.15 Å². The first-order chi connectivity index (χ1) is 10.6. The molecule has 1 aromatic heterocycles. The number of carbonyl (C=O) groups excluding carboxylic acids is 1. The number of ether oxygens (including phenoxy) is 1. The van der Waals surface area contributed by atoms with Gasteiger partial charge in [-0.05, 0) is 18.6 Å². The van der Waals surface area contributed by atoms with Crippen LogP contribution in [0.1, 0.15) is 20.3 Å². The summed E-state index contributed by atoms with van der Waals surface area (Å²) in [7, 11) is 1.60. The second-order valence-corrected chi connectivity index (χ2v) is 5.45. The third-order valence-corrected chi connectivity index (χ3v) is 4.02. The van der Waals surface area contributed by atoms with Crippen molar-refractivity contribution < 1.29 is 13.9 Å². The van der Waals surface area contributed by atoms with Gasteiger partial charge in [-0.15, -0.1) is 0 Å². The average molecular weight is 297 g/mol. The first kappa shape index (κ1) is 14.4. The first-order valence-electron chi connectivity index (χ1n) is 7.44. The molecule has 22 heavy (non-hydrogen) atoms. The van der Waals surface area contributed by atoms with Crippen LogP contribution in [-0.4, -0.2) is 13.0 Å². The van der Waals surface area contributed by atoms with Crippen molar-refractivity contribution in [1.29, 1.82) is 0 Å². The lowest BCUT2D eigenvalue weighted by Crippen LogP contribution is -2.20. The molecule has 0 radical (unpaired) electrons. The highest BCUT2D eigenvalue weighted by Crippen LogP contribution is 2.36. The Morgan fingerprint density at radius 3 is 2.73 bits per heavy atom. The van der Waals surface area contributed by atoms with Gasteiger partial charge in [-0.3, -0.25) is 4.79 Å². The molecule has 0 aliphatic rings. The summed E-state index contributed by atoms with van der Waals surface area (Å²) in [4.78, 5) is 12.1. The van der Waals surface area contributed by atoms with Gasteiger partial charge in [-0.2, -0.15) is 0 Å². The second kappa shape index (κ2) is 5.72. The monoisotopic (exact) mass is 297 g/mol.